The first-order valence-electron chi connectivity index (χ1n) is 13.6. The third kappa shape index (κ3) is 5.43. The van der Waals surface area contributed by atoms with Crippen molar-refractivity contribution in [3.05, 3.63) is 65.9 Å². The average molecular weight is 523 g/mol. The lowest BCUT2D eigenvalue weighted by Gasteiger charge is -2.36. The number of aromatic nitrogens is 2. The number of methoxy groups -OCH3 is 1. The van der Waals surface area contributed by atoms with Crippen molar-refractivity contribution in [3.63, 3.8) is 0 Å². The molecule has 2 aliphatic rings. The Bertz CT molecular complexity index is 1280. The fraction of sp³-hybridized carbons (Fsp3) is 0.533. The second kappa shape index (κ2) is 10.7. The number of hydrogen-bond donors (Lipinski definition) is 1. The monoisotopic (exact) mass is 522 g/mol. The zero-order valence-electron chi connectivity index (χ0n) is 22.8. The molecule has 5 rings (SSSR count). The Morgan fingerprint density at radius 3 is 2.61 bits per heavy atom. The molecule has 38 heavy (non-hydrogen) atoms. The number of benzene rings is 1. The molecule has 0 radical (unpaired) electrons. The van der Waals surface area contributed by atoms with Gasteiger partial charge in [-0.05, 0) is 61.0 Å². The maximum atomic E-state index is 14.2. The number of hydrogen-bond acceptors (Lipinski definition) is 5. The van der Waals surface area contributed by atoms with Crippen LogP contribution in [-0.4, -0.2) is 76.1 Å². The van der Waals surface area contributed by atoms with Crippen molar-refractivity contribution in [1.29, 1.82) is 0 Å². The van der Waals surface area contributed by atoms with Crippen LogP contribution < -0.4 is 4.74 Å². The lowest BCUT2D eigenvalue weighted by atomic mass is 9.85. The van der Waals surface area contributed by atoms with Crippen LogP contribution in [0.5, 0.6) is 5.75 Å². The van der Waals surface area contributed by atoms with E-state index >= 15 is 0 Å². The van der Waals surface area contributed by atoms with Crippen LogP contribution in [0.1, 0.15) is 56.7 Å². The van der Waals surface area contributed by atoms with Crippen LogP contribution in [0.15, 0.2) is 48.8 Å². The van der Waals surface area contributed by atoms with E-state index in [1.807, 2.05) is 51.4 Å². The molecule has 2 fully saturated rings. The Hall–Kier alpha value is -2.97. The number of piperidine rings is 1. The van der Waals surface area contributed by atoms with Crippen molar-refractivity contribution >= 4 is 11.6 Å². The Kier molecular flexibility index (Phi) is 7.47. The Labute approximate surface area is 224 Å². The van der Waals surface area contributed by atoms with Crippen molar-refractivity contribution in [2.24, 2.45) is 11.3 Å². The van der Waals surface area contributed by atoms with Gasteiger partial charge in [0.05, 0.1) is 7.11 Å². The Morgan fingerprint density at radius 1 is 1.18 bits per heavy atom. The van der Waals surface area contributed by atoms with Gasteiger partial charge in [-0.2, -0.15) is 0 Å². The number of ether oxygens (including phenoxy) is 1. The van der Waals surface area contributed by atoms with Gasteiger partial charge in [-0.15, -0.1) is 0 Å². The van der Waals surface area contributed by atoms with Gasteiger partial charge in [0, 0.05) is 55.6 Å². The number of likely N-dealkylation sites (tertiary alicyclic amines) is 2. The van der Waals surface area contributed by atoms with Crippen LogP contribution in [0.3, 0.4) is 0 Å². The lowest BCUT2D eigenvalue weighted by molar-refractivity contribution is -0.147. The van der Waals surface area contributed by atoms with Crippen molar-refractivity contribution < 1.29 is 19.0 Å². The van der Waals surface area contributed by atoms with E-state index in [2.05, 4.69) is 19.2 Å². The maximum absolute atomic E-state index is 14.2. The number of carbonyl (C=O) groups is 1. The van der Waals surface area contributed by atoms with E-state index in [-0.39, 0.29) is 17.7 Å². The molecular formula is C30H39FN4O3. The van der Waals surface area contributed by atoms with Gasteiger partial charge in [0.2, 0.25) is 0 Å². The fourth-order valence-electron chi connectivity index (χ4n) is 6.64. The first-order valence-corrected chi connectivity index (χ1v) is 13.6. The predicted molar refractivity (Wildman–Crippen MR) is 145 cm³/mol. The third-order valence-electron chi connectivity index (χ3n) is 8.41. The molecule has 0 unspecified atom stereocenters. The molecule has 3 aromatic rings. The van der Waals surface area contributed by atoms with Crippen LogP contribution >= 0.6 is 0 Å². The van der Waals surface area contributed by atoms with Gasteiger partial charge in [-0.25, -0.2) is 9.37 Å². The smallest absolute Gasteiger partial charge is 0.321 e. The van der Waals surface area contributed by atoms with E-state index in [0.29, 0.717) is 19.0 Å². The average Bonchev–Trinajstić information content (AvgIpc) is 3.47. The maximum Gasteiger partial charge on any atom is 0.321 e. The number of carboxylic acids is 1. The van der Waals surface area contributed by atoms with Crippen LogP contribution in [0.2, 0.25) is 0 Å². The number of pyridine rings is 1. The summed E-state index contributed by atoms with van der Waals surface area (Å²) in [7, 11) is 1.67. The molecule has 0 spiro atoms. The predicted octanol–water partition coefficient (Wildman–Crippen LogP) is 4.88. The zero-order valence-corrected chi connectivity index (χ0v) is 22.8. The number of rotatable bonds is 7. The molecule has 0 aliphatic carbocycles. The minimum Gasteiger partial charge on any atom is -0.497 e. The normalized spacial score (nSPS) is 22.7. The SMILES string of the molecule is COc1ccn2c(C3CCN(C[C@H]4CN([C@@H](C(=O)O)C(C)(C)C)C[C@@H]4c4cccc(F)c4)CC3)cnc2c1. The summed E-state index contributed by atoms with van der Waals surface area (Å²) in [4.78, 5) is 21.5. The standard InChI is InChI=1S/C30H39FN4O3/c1-30(2,3)28(29(36)37)34-18-22(25(19-34)21-6-5-7-23(31)14-21)17-33-11-8-20(9-12-33)26-16-32-27-15-24(38-4)10-13-35(26)27/h5-7,10,13-16,20,22,25,28H,8-9,11-12,17-19H2,1-4H3,(H,36,37)/t22-,25+,28-/m0/s1. The molecule has 3 atom stereocenters. The number of halogens is 1. The van der Waals surface area contributed by atoms with Crippen molar-refractivity contribution in [2.45, 2.75) is 51.5 Å². The molecule has 1 N–H and O–H groups in total. The fourth-order valence-corrected chi connectivity index (χ4v) is 6.64. The molecular weight excluding hydrogens is 483 g/mol. The number of aliphatic carboxylic acids is 1. The van der Waals surface area contributed by atoms with Gasteiger partial charge in [0.1, 0.15) is 23.3 Å². The minimum absolute atomic E-state index is 0.0985. The van der Waals surface area contributed by atoms with E-state index < -0.39 is 17.4 Å². The summed E-state index contributed by atoms with van der Waals surface area (Å²) in [5, 5.41) is 10.1. The van der Waals surface area contributed by atoms with Gasteiger partial charge in [-0.1, -0.05) is 32.9 Å². The molecule has 2 aliphatic heterocycles. The molecule has 0 saturated carbocycles. The molecule has 2 aromatic heterocycles. The number of imidazole rings is 1. The second-order valence-corrected chi connectivity index (χ2v) is 12.0. The molecule has 4 heterocycles. The summed E-state index contributed by atoms with van der Waals surface area (Å²) in [5.74, 6) is 0.548. The lowest BCUT2D eigenvalue weighted by Crippen LogP contribution is -2.48. The summed E-state index contributed by atoms with van der Waals surface area (Å²) in [6.07, 6.45) is 6.11. The van der Waals surface area contributed by atoms with Crippen LogP contribution in [0, 0.1) is 17.2 Å². The van der Waals surface area contributed by atoms with E-state index in [1.54, 1.807) is 19.2 Å². The number of carboxylic acid groups (broad SMARTS) is 1. The van der Waals surface area contributed by atoms with E-state index in [1.165, 1.54) is 11.8 Å². The summed E-state index contributed by atoms with van der Waals surface area (Å²) in [6.45, 7) is 10.1. The minimum atomic E-state index is -0.789. The van der Waals surface area contributed by atoms with E-state index in [9.17, 15) is 14.3 Å². The summed E-state index contributed by atoms with van der Waals surface area (Å²) in [5.41, 5.74) is 2.70. The molecule has 2 saturated heterocycles. The topological polar surface area (TPSA) is 70.3 Å². The Morgan fingerprint density at radius 2 is 1.95 bits per heavy atom. The van der Waals surface area contributed by atoms with Gasteiger partial charge in [-0.3, -0.25) is 9.69 Å². The Balaban J connectivity index is 1.30. The highest BCUT2D eigenvalue weighted by Gasteiger charge is 2.44. The van der Waals surface area contributed by atoms with E-state index in [0.717, 1.165) is 49.4 Å². The third-order valence-corrected chi connectivity index (χ3v) is 8.41. The highest BCUT2D eigenvalue weighted by atomic mass is 19.1. The van der Waals surface area contributed by atoms with Crippen LogP contribution in [0.25, 0.3) is 5.65 Å². The highest BCUT2D eigenvalue weighted by Crippen LogP contribution is 2.39. The zero-order chi connectivity index (χ0) is 27.0. The quantitative estimate of drug-likeness (QED) is 0.477. The van der Waals surface area contributed by atoms with Gasteiger partial charge < -0.3 is 19.1 Å². The van der Waals surface area contributed by atoms with Crippen LogP contribution in [-0.2, 0) is 4.79 Å². The van der Waals surface area contributed by atoms with Gasteiger partial charge in [0.25, 0.3) is 0 Å². The number of fused-ring (bicyclic) bond motifs is 1. The van der Waals surface area contributed by atoms with Crippen LogP contribution in [0.4, 0.5) is 4.39 Å². The molecule has 8 heteroatoms. The summed E-state index contributed by atoms with van der Waals surface area (Å²) in [6, 6.07) is 10.2. The second-order valence-electron chi connectivity index (χ2n) is 12.0. The molecule has 1 aromatic carbocycles. The number of nitrogens with zero attached hydrogens (tertiary/aromatic N) is 4. The van der Waals surface area contributed by atoms with Gasteiger partial charge in [0.15, 0.2) is 0 Å². The van der Waals surface area contributed by atoms with E-state index in [4.69, 9.17) is 4.74 Å². The molecule has 7 nitrogen and oxygen atoms in total. The summed E-state index contributed by atoms with van der Waals surface area (Å²) >= 11 is 0. The molecule has 204 valence electrons. The molecule has 0 amide bonds. The van der Waals surface area contributed by atoms with Crippen molar-refractivity contribution in [3.8, 4) is 5.75 Å². The van der Waals surface area contributed by atoms with Gasteiger partial charge >= 0.3 is 5.97 Å². The largest absolute Gasteiger partial charge is 0.497 e. The molecule has 0 bridgehead atoms. The van der Waals surface area contributed by atoms with Crippen molar-refractivity contribution in [2.75, 3.05) is 39.8 Å². The highest BCUT2D eigenvalue weighted by molar-refractivity contribution is 5.74. The van der Waals surface area contributed by atoms with Crippen molar-refractivity contribution in [1.82, 2.24) is 19.2 Å². The summed E-state index contributed by atoms with van der Waals surface area (Å²) < 4.78 is 21.7. The first-order chi connectivity index (χ1) is 18.1. The first kappa shape index (κ1) is 26.6.